The first-order valence-corrected chi connectivity index (χ1v) is 7.79. The second kappa shape index (κ2) is 6.88. The molecule has 0 radical (unpaired) electrons. The Morgan fingerprint density at radius 2 is 1.89 bits per heavy atom. The monoisotopic (exact) mass is 254 g/mol. The van der Waals surface area contributed by atoms with Crippen molar-refractivity contribution in [2.75, 3.05) is 20.3 Å². The Morgan fingerprint density at radius 1 is 1.22 bits per heavy atom. The fourth-order valence-corrected chi connectivity index (χ4v) is 3.86. The first-order chi connectivity index (χ1) is 8.78. The summed E-state index contributed by atoms with van der Waals surface area (Å²) in [6, 6.07) is 2.96. The van der Waals surface area contributed by atoms with Gasteiger partial charge in [0.05, 0.1) is 6.61 Å². The summed E-state index contributed by atoms with van der Waals surface area (Å²) in [6.45, 7) is 6.70. The molecule has 1 N–H and O–H groups in total. The molecule has 0 aromatic carbocycles. The van der Waals surface area contributed by atoms with Crippen LogP contribution in [-0.4, -0.2) is 49.3 Å². The van der Waals surface area contributed by atoms with Gasteiger partial charge in [-0.1, -0.05) is 13.8 Å². The topological polar surface area (TPSA) is 24.5 Å². The number of methoxy groups -OCH3 is 1. The molecule has 3 nitrogen and oxygen atoms in total. The molecule has 2 bridgehead atoms. The quantitative estimate of drug-likeness (QED) is 0.755. The normalized spacial score (nSPS) is 33.0. The predicted octanol–water partition coefficient (Wildman–Crippen LogP) is 2.41. The first kappa shape index (κ1) is 14.3. The molecule has 2 heterocycles. The third-order valence-corrected chi connectivity index (χ3v) is 4.70. The summed E-state index contributed by atoms with van der Waals surface area (Å²) in [6.07, 6.45) is 7.92. The molecular weight excluding hydrogens is 224 g/mol. The lowest BCUT2D eigenvalue weighted by Gasteiger charge is -2.41. The molecule has 2 aliphatic heterocycles. The number of piperidine rings is 1. The minimum absolute atomic E-state index is 0.609. The van der Waals surface area contributed by atoms with Crippen molar-refractivity contribution >= 4 is 0 Å². The molecule has 3 atom stereocenters. The van der Waals surface area contributed by atoms with Gasteiger partial charge in [-0.3, -0.25) is 4.90 Å². The summed E-state index contributed by atoms with van der Waals surface area (Å²) in [7, 11) is 1.83. The largest absolute Gasteiger partial charge is 0.383 e. The Labute approximate surface area is 112 Å². The molecule has 3 unspecified atom stereocenters. The van der Waals surface area contributed by atoms with E-state index in [1.165, 1.54) is 45.1 Å². The highest BCUT2D eigenvalue weighted by atomic mass is 16.5. The average molecular weight is 254 g/mol. The molecular formula is C15H30N2O. The number of fused-ring (bicyclic) bond motifs is 2. The van der Waals surface area contributed by atoms with Crippen LogP contribution in [0.3, 0.4) is 0 Å². The molecule has 2 fully saturated rings. The number of ether oxygens (including phenoxy) is 1. The minimum atomic E-state index is 0.609. The van der Waals surface area contributed by atoms with E-state index >= 15 is 0 Å². The highest BCUT2D eigenvalue weighted by Crippen LogP contribution is 2.31. The second-order valence-electron chi connectivity index (χ2n) is 6.02. The van der Waals surface area contributed by atoms with Gasteiger partial charge in [0.1, 0.15) is 0 Å². The van der Waals surface area contributed by atoms with Gasteiger partial charge in [-0.05, 0) is 45.1 Å². The van der Waals surface area contributed by atoms with E-state index in [4.69, 9.17) is 4.74 Å². The van der Waals surface area contributed by atoms with Crippen LogP contribution < -0.4 is 5.32 Å². The minimum Gasteiger partial charge on any atom is -0.383 e. The van der Waals surface area contributed by atoms with Crippen LogP contribution in [0.1, 0.15) is 52.4 Å². The van der Waals surface area contributed by atoms with Gasteiger partial charge >= 0.3 is 0 Å². The van der Waals surface area contributed by atoms with Crippen LogP contribution in [0.25, 0.3) is 0 Å². The zero-order valence-electron chi connectivity index (χ0n) is 12.3. The molecule has 0 aliphatic carbocycles. The van der Waals surface area contributed by atoms with E-state index in [0.29, 0.717) is 6.04 Å². The SMILES string of the molecule is CCCN(C(CC)COC)C1CC2CCC(C1)N2. The Morgan fingerprint density at radius 3 is 2.39 bits per heavy atom. The van der Waals surface area contributed by atoms with Crippen LogP contribution >= 0.6 is 0 Å². The Hall–Kier alpha value is -0.120. The van der Waals surface area contributed by atoms with Gasteiger partial charge in [-0.15, -0.1) is 0 Å². The third kappa shape index (κ3) is 3.25. The van der Waals surface area contributed by atoms with E-state index in [-0.39, 0.29) is 0 Å². The van der Waals surface area contributed by atoms with Crippen molar-refractivity contribution in [3.05, 3.63) is 0 Å². The van der Waals surface area contributed by atoms with Crippen molar-refractivity contribution in [2.24, 2.45) is 0 Å². The Kier molecular flexibility index (Phi) is 5.46. The first-order valence-electron chi connectivity index (χ1n) is 7.79. The maximum atomic E-state index is 5.42. The van der Waals surface area contributed by atoms with E-state index in [2.05, 4.69) is 24.1 Å². The number of rotatable bonds is 7. The maximum absolute atomic E-state index is 5.42. The zero-order valence-corrected chi connectivity index (χ0v) is 12.3. The molecule has 0 amide bonds. The lowest BCUT2D eigenvalue weighted by molar-refractivity contribution is 0.0399. The smallest absolute Gasteiger partial charge is 0.0618 e. The summed E-state index contributed by atoms with van der Waals surface area (Å²) in [5, 5.41) is 3.75. The Balaban J connectivity index is 1.99. The molecule has 106 valence electrons. The number of nitrogens with zero attached hydrogens (tertiary/aromatic N) is 1. The molecule has 0 aromatic rings. The van der Waals surface area contributed by atoms with Gasteiger partial charge in [0.15, 0.2) is 0 Å². The van der Waals surface area contributed by atoms with Crippen molar-refractivity contribution in [1.82, 2.24) is 10.2 Å². The van der Waals surface area contributed by atoms with Crippen LogP contribution in [-0.2, 0) is 4.74 Å². The highest BCUT2D eigenvalue weighted by molar-refractivity contribution is 4.96. The van der Waals surface area contributed by atoms with Crippen molar-refractivity contribution < 1.29 is 4.74 Å². The van der Waals surface area contributed by atoms with Gasteiger partial charge in [0.2, 0.25) is 0 Å². The van der Waals surface area contributed by atoms with Crippen LogP contribution in [0, 0.1) is 0 Å². The van der Waals surface area contributed by atoms with Gasteiger partial charge < -0.3 is 10.1 Å². The van der Waals surface area contributed by atoms with Gasteiger partial charge in [0, 0.05) is 31.3 Å². The number of nitrogens with one attached hydrogen (secondary N) is 1. The van der Waals surface area contributed by atoms with Gasteiger partial charge in [-0.25, -0.2) is 0 Å². The molecule has 18 heavy (non-hydrogen) atoms. The van der Waals surface area contributed by atoms with Crippen molar-refractivity contribution in [2.45, 2.75) is 76.5 Å². The van der Waals surface area contributed by atoms with Crippen molar-refractivity contribution in [3.8, 4) is 0 Å². The van der Waals surface area contributed by atoms with Crippen LogP contribution in [0.2, 0.25) is 0 Å². The van der Waals surface area contributed by atoms with Crippen LogP contribution in [0.4, 0.5) is 0 Å². The fraction of sp³-hybridized carbons (Fsp3) is 1.00. The molecule has 0 saturated carbocycles. The number of hydrogen-bond donors (Lipinski definition) is 1. The molecule has 2 saturated heterocycles. The molecule has 0 spiro atoms. The summed E-state index contributed by atoms with van der Waals surface area (Å²) >= 11 is 0. The van der Waals surface area contributed by atoms with Gasteiger partial charge in [0.25, 0.3) is 0 Å². The maximum Gasteiger partial charge on any atom is 0.0618 e. The lowest BCUT2D eigenvalue weighted by atomic mass is 9.96. The summed E-state index contributed by atoms with van der Waals surface area (Å²) in [4.78, 5) is 2.75. The van der Waals surface area contributed by atoms with E-state index in [0.717, 1.165) is 24.7 Å². The average Bonchev–Trinajstić information content (AvgIpc) is 2.72. The van der Waals surface area contributed by atoms with Crippen LogP contribution in [0.5, 0.6) is 0 Å². The predicted molar refractivity (Wildman–Crippen MR) is 75.9 cm³/mol. The van der Waals surface area contributed by atoms with Crippen molar-refractivity contribution in [3.63, 3.8) is 0 Å². The van der Waals surface area contributed by atoms with E-state index in [9.17, 15) is 0 Å². The highest BCUT2D eigenvalue weighted by Gasteiger charge is 2.37. The van der Waals surface area contributed by atoms with E-state index in [1.807, 2.05) is 7.11 Å². The summed E-state index contributed by atoms with van der Waals surface area (Å²) in [5.41, 5.74) is 0. The molecule has 3 heteroatoms. The van der Waals surface area contributed by atoms with E-state index < -0.39 is 0 Å². The second-order valence-corrected chi connectivity index (χ2v) is 6.02. The summed E-state index contributed by atoms with van der Waals surface area (Å²) < 4.78 is 5.42. The zero-order chi connectivity index (χ0) is 13.0. The third-order valence-electron chi connectivity index (χ3n) is 4.70. The molecule has 0 aromatic heterocycles. The lowest BCUT2D eigenvalue weighted by Crippen LogP contribution is -2.52. The standard InChI is InChI=1S/C15H30N2O/c1-4-8-17(14(5-2)11-18-3)15-9-12-6-7-13(10-15)16-12/h12-16H,4-11H2,1-3H3. The summed E-state index contributed by atoms with van der Waals surface area (Å²) in [5.74, 6) is 0. The van der Waals surface area contributed by atoms with Crippen molar-refractivity contribution in [1.29, 1.82) is 0 Å². The molecule has 2 rings (SSSR count). The molecule has 2 aliphatic rings. The van der Waals surface area contributed by atoms with Gasteiger partial charge in [-0.2, -0.15) is 0 Å². The number of hydrogen-bond acceptors (Lipinski definition) is 3. The fourth-order valence-electron chi connectivity index (χ4n) is 3.86. The van der Waals surface area contributed by atoms with E-state index in [1.54, 1.807) is 0 Å². The Bertz CT molecular complexity index is 235. The van der Waals surface area contributed by atoms with Crippen LogP contribution in [0.15, 0.2) is 0 Å².